The van der Waals surface area contributed by atoms with Crippen LogP contribution in [-0.4, -0.2) is 16.5 Å². The van der Waals surface area contributed by atoms with E-state index in [9.17, 15) is 0 Å². The number of anilines is 1. The number of halogens is 1. The van der Waals surface area contributed by atoms with E-state index in [0.717, 1.165) is 12.2 Å². The Kier molecular flexibility index (Phi) is 2.65. The summed E-state index contributed by atoms with van der Waals surface area (Å²) in [6.45, 7) is 4.66. The molecule has 1 aromatic heterocycles. The number of aryl methyl sites for hydroxylation is 1. The standard InChI is InChI=1S/C7H10ClN3/c1-3-9-7-6(8)5(2)10-4-11-7/h4H,3H2,1-2H3,(H,9,10,11). The quantitative estimate of drug-likeness (QED) is 0.739. The van der Waals surface area contributed by atoms with Gasteiger partial charge in [-0.05, 0) is 13.8 Å². The fourth-order valence-electron chi connectivity index (χ4n) is 0.749. The summed E-state index contributed by atoms with van der Waals surface area (Å²) in [6, 6.07) is 0. The highest BCUT2D eigenvalue weighted by molar-refractivity contribution is 6.33. The van der Waals surface area contributed by atoms with Crippen molar-refractivity contribution in [3.8, 4) is 0 Å². The average molecular weight is 172 g/mol. The largest absolute Gasteiger partial charge is 0.369 e. The van der Waals surface area contributed by atoms with Crippen molar-refractivity contribution in [2.45, 2.75) is 13.8 Å². The number of aromatic nitrogens is 2. The van der Waals surface area contributed by atoms with Crippen molar-refractivity contribution in [3.05, 3.63) is 17.0 Å². The van der Waals surface area contributed by atoms with Crippen molar-refractivity contribution in [2.24, 2.45) is 0 Å². The first-order valence-corrected chi connectivity index (χ1v) is 3.84. The maximum absolute atomic E-state index is 5.88. The first kappa shape index (κ1) is 8.27. The minimum absolute atomic E-state index is 0.606. The van der Waals surface area contributed by atoms with E-state index in [1.54, 1.807) is 0 Å². The Hall–Kier alpha value is -0.830. The number of nitrogens with zero attached hydrogens (tertiary/aromatic N) is 2. The minimum atomic E-state index is 0.606. The molecule has 0 fully saturated rings. The zero-order chi connectivity index (χ0) is 8.27. The summed E-state index contributed by atoms with van der Waals surface area (Å²) < 4.78 is 0. The van der Waals surface area contributed by atoms with Crippen LogP contribution in [0.4, 0.5) is 5.82 Å². The molecule has 1 heterocycles. The monoisotopic (exact) mass is 171 g/mol. The molecule has 0 radical (unpaired) electrons. The van der Waals surface area contributed by atoms with Crippen LogP contribution in [0, 0.1) is 6.92 Å². The van der Waals surface area contributed by atoms with Crippen LogP contribution < -0.4 is 5.32 Å². The first-order chi connectivity index (χ1) is 5.25. The number of nitrogens with one attached hydrogen (secondary N) is 1. The predicted molar refractivity (Wildman–Crippen MR) is 45.9 cm³/mol. The van der Waals surface area contributed by atoms with E-state index in [4.69, 9.17) is 11.6 Å². The third-order valence-electron chi connectivity index (χ3n) is 1.31. The third kappa shape index (κ3) is 1.80. The smallest absolute Gasteiger partial charge is 0.148 e. The molecule has 0 atom stereocenters. The Balaban J connectivity index is 2.96. The summed E-state index contributed by atoms with van der Waals surface area (Å²) in [5, 5.41) is 3.64. The molecule has 60 valence electrons. The van der Waals surface area contributed by atoms with Crippen LogP contribution in [0.3, 0.4) is 0 Å². The molecule has 0 aliphatic carbocycles. The van der Waals surface area contributed by atoms with E-state index in [-0.39, 0.29) is 0 Å². The summed E-state index contributed by atoms with van der Waals surface area (Å²) in [5.41, 5.74) is 0.803. The van der Waals surface area contributed by atoms with Gasteiger partial charge in [0.1, 0.15) is 17.2 Å². The van der Waals surface area contributed by atoms with Crippen molar-refractivity contribution in [1.82, 2.24) is 9.97 Å². The molecule has 0 aliphatic heterocycles. The van der Waals surface area contributed by atoms with E-state index < -0.39 is 0 Å². The molecule has 0 aromatic carbocycles. The molecule has 0 saturated heterocycles. The number of hydrogen-bond acceptors (Lipinski definition) is 3. The Morgan fingerprint density at radius 1 is 1.55 bits per heavy atom. The van der Waals surface area contributed by atoms with Gasteiger partial charge in [0, 0.05) is 6.54 Å². The second kappa shape index (κ2) is 3.53. The van der Waals surface area contributed by atoms with Crippen LogP contribution in [0.1, 0.15) is 12.6 Å². The van der Waals surface area contributed by atoms with E-state index in [2.05, 4.69) is 15.3 Å². The number of rotatable bonds is 2. The van der Waals surface area contributed by atoms with Crippen LogP contribution in [0.2, 0.25) is 5.02 Å². The van der Waals surface area contributed by atoms with Gasteiger partial charge in [-0.1, -0.05) is 11.6 Å². The third-order valence-corrected chi connectivity index (χ3v) is 1.76. The van der Waals surface area contributed by atoms with Crippen LogP contribution in [-0.2, 0) is 0 Å². The highest BCUT2D eigenvalue weighted by atomic mass is 35.5. The summed E-state index contributed by atoms with van der Waals surface area (Å²) >= 11 is 5.88. The van der Waals surface area contributed by atoms with E-state index in [0.29, 0.717) is 10.8 Å². The van der Waals surface area contributed by atoms with Crippen molar-refractivity contribution in [3.63, 3.8) is 0 Å². The summed E-state index contributed by atoms with van der Waals surface area (Å²) in [5.74, 6) is 0.710. The van der Waals surface area contributed by atoms with Crippen molar-refractivity contribution >= 4 is 17.4 Å². The van der Waals surface area contributed by atoms with Crippen molar-refractivity contribution < 1.29 is 0 Å². The Morgan fingerprint density at radius 2 is 2.27 bits per heavy atom. The molecule has 0 saturated carbocycles. The molecule has 1 rings (SSSR count). The van der Waals surface area contributed by atoms with Crippen LogP contribution >= 0.6 is 11.6 Å². The van der Waals surface area contributed by atoms with Crippen LogP contribution in [0.15, 0.2) is 6.33 Å². The van der Waals surface area contributed by atoms with Gasteiger partial charge in [0.2, 0.25) is 0 Å². The second-order valence-electron chi connectivity index (χ2n) is 2.15. The van der Waals surface area contributed by atoms with Gasteiger partial charge in [-0.25, -0.2) is 9.97 Å². The van der Waals surface area contributed by atoms with Crippen molar-refractivity contribution in [2.75, 3.05) is 11.9 Å². The molecular weight excluding hydrogens is 162 g/mol. The number of hydrogen-bond donors (Lipinski definition) is 1. The molecule has 4 heteroatoms. The maximum Gasteiger partial charge on any atom is 0.148 e. The topological polar surface area (TPSA) is 37.8 Å². The molecule has 0 spiro atoms. The van der Waals surface area contributed by atoms with E-state index in [1.165, 1.54) is 6.33 Å². The molecule has 3 nitrogen and oxygen atoms in total. The predicted octanol–water partition coefficient (Wildman–Crippen LogP) is 1.87. The van der Waals surface area contributed by atoms with Gasteiger partial charge < -0.3 is 5.32 Å². The SMILES string of the molecule is CCNc1ncnc(C)c1Cl. The lowest BCUT2D eigenvalue weighted by atomic mass is 10.4. The van der Waals surface area contributed by atoms with Gasteiger partial charge in [-0.2, -0.15) is 0 Å². The lowest BCUT2D eigenvalue weighted by Crippen LogP contribution is -2.01. The van der Waals surface area contributed by atoms with Gasteiger partial charge in [0.25, 0.3) is 0 Å². The maximum atomic E-state index is 5.88. The molecule has 1 N–H and O–H groups in total. The van der Waals surface area contributed by atoms with Crippen LogP contribution in [0.5, 0.6) is 0 Å². The van der Waals surface area contributed by atoms with Gasteiger partial charge in [-0.15, -0.1) is 0 Å². The summed E-state index contributed by atoms with van der Waals surface area (Å²) in [6.07, 6.45) is 1.50. The Labute approximate surface area is 70.8 Å². The molecule has 1 aromatic rings. The van der Waals surface area contributed by atoms with E-state index >= 15 is 0 Å². The molecule has 0 unspecified atom stereocenters. The molecule has 0 aliphatic rings. The minimum Gasteiger partial charge on any atom is -0.369 e. The Bertz CT molecular complexity index is 249. The summed E-state index contributed by atoms with van der Waals surface area (Å²) in [7, 11) is 0. The second-order valence-corrected chi connectivity index (χ2v) is 2.53. The van der Waals surface area contributed by atoms with E-state index in [1.807, 2.05) is 13.8 Å². The van der Waals surface area contributed by atoms with Crippen LogP contribution in [0.25, 0.3) is 0 Å². The Morgan fingerprint density at radius 3 is 2.91 bits per heavy atom. The highest BCUT2D eigenvalue weighted by Gasteiger charge is 2.02. The molecule has 0 amide bonds. The highest BCUT2D eigenvalue weighted by Crippen LogP contribution is 2.19. The summed E-state index contributed by atoms with van der Waals surface area (Å²) in [4.78, 5) is 7.91. The lowest BCUT2D eigenvalue weighted by Gasteiger charge is -2.04. The van der Waals surface area contributed by atoms with Crippen molar-refractivity contribution in [1.29, 1.82) is 0 Å². The molecular formula is C7H10ClN3. The van der Waals surface area contributed by atoms with Gasteiger partial charge in [0.05, 0.1) is 5.69 Å². The molecule has 11 heavy (non-hydrogen) atoms. The van der Waals surface area contributed by atoms with Gasteiger partial charge in [-0.3, -0.25) is 0 Å². The first-order valence-electron chi connectivity index (χ1n) is 3.46. The molecule has 0 bridgehead atoms. The lowest BCUT2D eigenvalue weighted by molar-refractivity contribution is 1.07. The zero-order valence-electron chi connectivity index (χ0n) is 6.56. The fraction of sp³-hybridized carbons (Fsp3) is 0.429. The van der Waals surface area contributed by atoms with Gasteiger partial charge in [0.15, 0.2) is 0 Å². The average Bonchev–Trinajstić information content (AvgIpc) is 1.99. The van der Waals surface area contributed by atoms with Gasteiger partial charge >= 0.3 is 0 Å². The zero-order valence-corrected chi connectivity index (χ0v) is 7.31. The fourth-order valence-corrected chi connectivity index (χ4v) is 0.913. The normalized spacial score (nSPS) is 9.73.